The fourth-order valence-corrected chi connectivity index (χ4v) is 3.44. The Morgan fingerprint density at radius 2 is 1.90 bits per heavy atom. The number of hydrogen-bond acceptors (Lipinski definition) is 5. The third-order valence-corrected chi connectivity index (χ3v) is 4.74. The molecule has 3 rings (SSSR count). The monoisotopic (exact) mass is 397 g/mol. The zero-order chi connectivity index (χ0) is 20.6. The number of hydrogen-bond donors (Lipinski definition) is 2. The second-order valence-corrected chi connectivity index (χ2v) is 6.88. The van der Waals surface area contributed by atoms with E-state index in [1.54, 1.807) is 13.2 Å². The van der Waals surface area contributed by atoms with Crippen molar-refractivity contribution < 1.29 is 18.7 Å². The van der Waals surface area contributed by atoms with Gasteiger partial charge in [-0.15, -0.1) is 0 Å². The fourth-order valence-electron chi connectivity index (χ4n) is 3.44. The van der Waals surface area contributed by atoms with E-state index in [2.05, 4.69) is 15.5 Å². The molecule has 0 fully saturated rings. The molecule has 7 nitrogen and oxygen atoms in total. The molecule has 0 aliphatic carbocycles. The van der Waals surface area contributed by atoms with Crippen molar-refractivity contribution in [2.45, 2.75) is 39.4 Å². The SMILES string of the molecule is CCOC(=O)C1=C(CN(Cc2ccccc2)Cc2ccco2)NC(=O)NC1CC. The number of esters is 1. The highest BCUT2D eigenvalue weighted by molar-refractivity contribution is 5.94. The summed E-state index contributed by atoms with van der Waals surface area (Å²) < 4.78 is 10.8. The maximum Gasteiger partial charge on any atom is 0.337 e. The van der Waals surface area contributed by atoms with Gasteiger partial charge in [-0.3, -0.25) is 4.90 Å². The topological polar surface area (TPSA) is 83.8 Å². The summed E-state index contributed by atoms with van der Waals surface area (Å²) in [6.07, 6.45) is 2.24. The van der Waals surface area contributed by atoms with E-state index in [1.165, 1.54) is 0 Å². The van der Waals surface area contributed by atoms with Gasteiger partial charge in [-0.1, -0.05) is 37.3 Å². The van der Waals surface area contributed by atoms with Crippen LogP contribution in [0.3, 0.4) is 0 Å². The number of carbonyl (C=O) groups excluding carboxylic acids is 2. The van der Waals surface area contributed by atoms with Crippen molar-refractivity contribution in [3.05, 3.63) is 71.3 Å². The minimum atomic E-state index is -0.403. The molecule has 2 heterocycles. The number of urea groups is 1. The van der Waals surface area contributed by atoms with Crippen LogP contribution in [0.1, 0.15) is 31.6 Å². The highest BCUT2D eigenvalue weighted by Crippen LogP contribution is 2.20. The summed E-state index contributed by atoms with van der Waals surface area (Å²) in [6, 6.07) is 13.1. The van der Waals surface area contributed by atoms with Gasteiger partial charge in [0.1, 0.15) is 5.76 Å². The van der Waals surface area contributed by atoms with E-state index in [1.807, 2.05) is 49.4 Å². The molecule has 1 aliphatic rings. The number of rotatable bonds is 9. The number of benzene rings is 1. The molecule has 0 radical (unpaired) electrons. The molecule has 7 heteroatoms. The normalized spacial score (nSPS) is 16.5. The molecule has 1 aliphatic heterocycles. The Morgan fingerprint density at radius 3 is 2.55 bits per heavy atom. The zero-order valence-corrected chi connectivity index (χ0v) is 16.8. The Balaban J connectivity index is 1.90. The van der Waals surface area contributed by atoms with E-state index in [-0.39, 0.29) is 18.7 Å². The van der Waals surface area contributed by atoms with E-state index in [4.69, 9.17) is 9.15 Å². The lowest BCUT2D eigenvalue weighted by Crippen LogP contribution is -2.52. The van der Waals surface area contributed by atoms with Crippen LogP contribution in [-0.4, -0.2) is 36.1 Å². The second kappa shape index (κ2) is 9.93. The van der Waals surface area contributed by atoms with Gasteiger partial charge in [-0.05, 0) is 31.0 Å². The molecular formula is C22H27N3O4. The summed E-state index contributed by atoms with van der Waals surface area (Å²) in [5.41, 5.74) is 2.18. The quantitative estimate of drug-likeness (QED) is 0.635. The van der Waals surface area contributed by atoms with Gasteiger partial charge in [-0.2, -0.15) is 0 Å². The van der Waals surface area contributed by atoms with Crippen LogP contribution < -0.4 is 10.6 Å². The van der Waals surface area contributed by atoms with Crippen LogP contribution in [0.15, 0.2) is 64.4 Å². The van der Waals surface area contributed by atoms with Gasteiger partial charge in [0.05, 0.1) is 31.0 Å². The van der Waals surface area contributed by atoms with Gasteiger partial charge in [0.25, 0.3) is 0 Å². The van der Waals surface area contributed by atoms with Gasteiger partial charge in [0.2, 0.25) is 0 Å². The lowest BCUT2D eigenvalue weighted by Gasteiger charge is -2.31. The minimum absolute atomic E-state index is 0.278. The average Bonchev–Trinajstić information content (AvgIpc) is 3.21. The van der Waals surface area contributed by atoms with Crippen LogP contribution in [-0.2, 0) is 22.6 Å². The minimum Gasteiger partial charge on any atom is -0.468 e. The third kappa shape index (κ3) is 5.48. The molecule has 2 N–H and O–H groups in total. The summed E-state index contributed by atoms with van der Waals surface area (Å²) in [6.45, 7) is 5.54. The van der Waals surface area contributed by atoms with Gasteiger partial charge in [0.15, 0.2) is 0 Å². The van der Waals surface area contributed by atoms with Crippen LogP contribution in [0, 0.1) is 0 Å². The van der Waals surface area contributed by atoms with E-state index in [0.717, 1.165) is 11.3 Å². The fraction of sp³-hybridized carbons (Fsp3) is 0.364. The Labute approximate surface area is 170 Å². The number of nitrogens with zero attached hydrogens (tertiary/aromatic N) is 1. The standard InChI is InChI=1S/C22H27N3O4/c1-3-18-20(21(26)28-4-2)19(24-22(27)23-18)15-25(14-17-11-8-12-29-17)13-16-9-6-5-7-10-16/h5-12,18H,3-4,13-15H2,1-2H3,(H2,23,24,27). The number of nitrogens with one attached hydrogen (secondary N) is 2. The van der Waals surface area contributed by atoms with Crippen molar-refractivity contribution >= 4 is 12.0 Å². The molecule has 0 saturated heterocycles. The summed E-state index contributed by atoms with van der Waals surface area (Å²) in [5, 5.41) is 5.63. The van der Waals surface area contributed by atoms with Crippen molar-refractivity contribution in [3.63, 3.8) is 0 Å². The van der Waals surface area contributed by atoms with Crippen LogP contribution in [0.25, 0.3) is 0 Å². The predicted molar refractivity (Wildman–Crippen MR) is 109 cm³/mol. The van der Waals surface area contributed by atoms with Crippen molar-refractivity contribution in [2.24, 2.45) is 0 Å². The van der Waals surface area contributed by atoms with Gasteiger partial charge in [0, 0.05) is 18.8 Å². The number of amides is 2. The number of furan rings is 1. The largest absolute Gasteiger partial charge is 0.468 e. The molecule has 0 bridgehead atoms. The van der Waals surface area contributed by atoms with Crippen LogP contribution in [0.4, 0.5) is 4.79 Å². The molecule has 1 aromatic heterocycles. The predicted octanol–water partition coefficient (Wildman–Crippen LogP) is 3.19. The summed E-state index contributed by atoms with van der Waals surface area (Å²) in [4.78, 5) is 26.9. The van der Waals surface area contributed by atoms with Crippen molar-refractivity contribution in [1.29, 1.82) is 0 Å². The highest BCUT2D eigenvalue weighted by Gasteiger charge is 2.32. The maximum atomic E-state index is 12.6. The van der Waals surface area contributed by atoms with E-state index in [9.17, 15) is 9.59 Å². The van der Waals surface area contributed by atoms with Gasteiger partial charge in [-0.25, -0.2) is 9.59 Å². The summed E-state index contributed by atoms with van der Waals surface area (Å²) in [7, 11) is 0. The zero-order valence-electron chi connectivity index (χ0n) is 16.8. The first-order chi connectivity index (χ1) is 14.1. The molecular weight excluding hydrogens is 370 g/mol. The lowest BCUT2D eigenvalue weighted by molar-refractivity contribution is -0.139. The van der Waals surface area contributed by atoms with Gasteiger partial charge >= 0.3 is 12.0 Å². The molecule has 0 spiro atoms. The molecule has 154 valence electrons. The molecule has 2 aromatic rings. The van der Waals surface area contributed by atoms with Crippen molar-refractivity contribution in [3.8, 4) is 0 Å². The van der Waals surface area contributed by atoms with E-state index >= 15 is 0 Å². The van der Waals surface area contributed by atoms with E-state index < -0.39 is 5.97 Å². The molecule has 0 saturated carbocycles. The van der Waals surface area contributed by atoms with Gasteiger partial charge < -0.3 is 19.8 Å². The van der Waals surface area contributed by atoms with E-state index in [0.29, 0.717) is 37.3 Å². The number of carbonyl (C=O) groups is 2. The highest BCUT2D eigenvalue weighted by atomic mass is 16.5. The Bertz CT molecular complexity index is 846. The first kappa shape index (κ1) is 20.7. The van der Waals surface area contributed by atoms with Crippen molar-refractivity contribution in [1.82, 2.24) is 15.5 Å². The first-order valence-electron chi connectivity index (χ1n) is 9.87. The molecule has 1 unspecified atom stereocenters. The lowest BCUT2D eigenvalue weighted by atomic mass is 9.99. The number of ether oxygens (including phenoxy) is 1. The Kier molecular flexibility index (Phi) is 7.08. The maximum absolute atomic E-state index is 12.6. The molecule has 1 atom stereocenters. The second-order valence-electron chi connectivity index (χ2n) is 6.88. The van der Waals surface area contributed by atoms with Crippen LogP contribution >= 0.6 is 0 Å². The summed E-state index contributed by atoms with van der Waals surface area (Å²) in [5.74, 6) is 0.408. The molecule has 2 amide bonds. The van der Waals surface area contributed by atoms with Crippen LogP contribution in [0.2, 0.25) is 0 Å². The summed E-state index contributed by atoms with van der Waals surface area (Å²) >= 11 is 0. The van der Waals surface area contributed by atoms with Crippen molar-refractivity contribution in [2.75, 3.05) is 13.2 Å². The molecule has 29 heavy (non-hydrogen) atoms. The molecule has 1 aromatic carbocycles. The smallest absolute Gasteiger partial charge is 0.337 e. The first-order valence-corrected chi connectivity index (χ1v) is 9.87. The Morgan fingerprint density at radius 1 is 1.10 bits per heavy atom. The Hall–Kier alpha value is -3.06. The average molecular weight is 397 g/mol. The third-order valence-electron chi connectivity index (χ3n) is 4.74. The van der Waals surface area contributed by atoms with Crippen LogP contribution in [0.5, 0.6) is 0 Å².